The number of anilines is 2. The number of carbonyl (C=O) groups excluding carboxylic acids is 1. The number of nitrogens with zero attached hydrogens (tertiary/aromatic N) is 5. The first-order valence-electron chi connectivity index (χ1n) is 28.4. The van der Waals surface area contributed by atoms with E-state index in [1.165, 1.54) is 74.8 Å². The Labute approximate surface area is 447 Å². The fourth-order valence-corrected chi connectivity index (χ4v) is 16.6. The Balaban J connectivity index is 0.729. The highest BCUT2D eigenvalue weighted by molar-refractivity contribution is 7.90. The van der Waals surface area contributed by atoms with Crippen LogP contribution in [0.2, 0.25) is 0 Å². The Bertz CT molecular complexity index is 3050. The van der Waals surface area contributed by atoms with Crippen LogP contribution >= 0.6 is 0 Å². The Morgan fingerprint density at radius 2 is 1.66 bits per heavy atom. The molecule has 15 nitrogen and oxygen atoms in total. The Kier molecular flexibility index (Phi) is 13.7. The van der Waals surface area contributed by atoms with Crippen molar-refractivity contribution in [1.29, 1.82) is 0 Å². The maximum atomic E-state index is 14.2. The second-order valence-corrected chi connectivity index (χ2v) is 26.7. The van der Waals surface area contributed by atoms with Gasteiger partial charge in [-0.25, -0.2) is 18.1 Å². The summed E-state index contributed by atoms with van der Waals surface area (Å²) in [6, 6.07) is 22.7. The van der Waals surface area contributed by atoms with Gasteiger partial charge < -0.3 is 25.0 Å². The number of piperidine rings is 1. The lowest BCUT2D eigenvalue weighted by atomic mass is 9.52. The zero-order valence-electron chi connectivity index (χ0n) is 44.5. The predicted molar refractivity (Wildman–Crippen MR) is 295 cm³/mol. The van der Waals surface area contributed by atoms with Gasteiger partial charge in [0.15, 0.2) is 0 Å². The van der Waals surface area contributed by atoms with Gasteiger partial charge >= 0.3 is 0 Å². The average molecular weight is 1050 g/mol. The van der Waals surface area contributed by atoms with Gasteiger partial charge in [0.05, 0.1) is 27.2 Å². The number of benzene rings is 3. The fraction of sp³-hybridized carbons (Fsp3) is 0.567. The topological polar surface area (TPSA) is 186 Å². The summed E-state index contributed by atoms with van der Waals surface area (Å²) >= 11 is 0. The monoisotopic (exact) mass is 1050 g/mol. The summed E-state index contributed by atoms with van der Waals surface area (Å²) in [7, 11) is -4.58. The third kappa shape index (κ3) is 10.4. The van der Waals surface area contributed by atoms with E-state index in [0.717, 1.165) is 105 Å². The van der Waals surface area contributed by atoms with E-state index in [2.05, 4.69) is 72.8 Å². The van der Waals surface area contributed by atoms with E-state index in [0.29, 0.717) is 48.8 Å². The van der Waals surface area contributed by atoms with Crippen molar-refractivity contribution in [2.45, 2.75) is 133 Å². The molecule has 6 aliphatic carbocycles. The molecule has 2 saturated heterocycles. The highest BCUT2D eigenvalue weighted by Gasteiger charge is 2.52. The number of hydrogen-bond acceptors (Lipinski definition) is 12. The molecule has 16 heteroatoms. The Morgan fingerprint density at radius 3 is 2.38 bits per heavy atom. The van der Waals surface area contributed by atoms with Crippen LogP contribution < -0.4 is 19.7 Å². The zero-order valence-corrected chi connectivity index (χ0v) is 45.3. The lowest BCUT2D eigenvalue weighted by molar-refractivity contribution is -0.384. The summed E-state index contributed by atoms with van der Waals surface area (Å²) in [5.41, 5.74) is 3.86. The minimum atomic E-state index is -4.58. The standard InChI is InChI=1S/C60H76N8O7S/c1-38(2)49-6-4-5-7-50(49)55-37-65(36-52-43-25-40-24-41(27-43)28-44(52)26-40)22-23-67(55)46-32-60(33-46)17-20-66(21-18-60)45-8-10-51(56(30-45)75-47-29-42-14-19-61-57(42)63-35-47)58(69)64-76(73,74)48-9-11-53(54(31-48)68(71)72)62-34-39-12-15-59(3,70)16-13-39/h4-11,14,19,29-31,35,38-41,43-44,46,52,55,62,70H,12-13,15-18,20-28,32-34,36-37H2,1-3H3,(H,61,63)(H,64,69)/t39?,40?,41?,43?,44?,52?,55-,59?/m0/s1. The number of piperazine rings is 1. The number of hydrogen-bond donors (Lipinski definition) is 4. The molecular formula is C60H76N8O7S. The molecule has 404 valence electrons. The van der Waals surface area contributed by atoms with E-state index in [1.807, 2.05) is 31.2 Å². The normalized spacial score (nSPS) is 28.7. The van der Waals surface area contributed by atoms with Gasteiger partial charge in [0.2, 0.25) is 0 Å². The molecule has 0 unspecified atom stereocenters. The molecule has 1 atom stereocenters. The van der Waals surface area contributed by atoms with E-state index in [4.69, 9.17) is 4.74 Å². The van der Waals surface area contributed by atoms with Gasteiger partial charge in [-0.3, -0.25) is 24.7 Å². The molecule has 2 aliphatic heterocycles. The van der Waals surface area contributed by atoms with Gasteiger partial charge in [-0.2, -0.15) is 0 Å². The van der Waals surface area contributed by atoms with Gasteiger partial charge in [0.1, 0.15) is 22.8 Å². The first-order valence-corrected chi connectivity index (χ1v) is 29.9. The molecule has 76 heavy (non-hydrogen) atoms. The van der Waals surface area contributed by atoms with Crippen LogP contribution in [0.25, 0.3) is 11.0 Å². The quantitative estimate of drug-likeness (QED) is 0.0575. The molecule has 1 amide bonds. The summed E-state index contributed by atoms with van der Waals surface area (Å²) in [6.07, 6.45) is 18.1. The summed E-state index contributed by atoms with van der Waals surface area (Å²) in [6.45, 7) is 13.3. The number of aliphatic hydroxyl groups is 1. The largest absolute Gasteiger partial charge is 0.455 e. The van der Waals surface area contributed by atoms with Crippen molar-refractivity contribution >= 4 is 44.0 Å². The maximum Gasteiger partial charge on any atom is 0.293 e. The highest BCUT2D eigenvalue weighted by Crippen LogP contribution is 2.57. The number of nitro groups is 1. The van der Waals surface area contributed by atoms with Gasteiger partial charge in [0, 0.05) is 87.3 Å². The summed E-state index contributed by atoms with van der Waals surface area (Å²) in [5, 5.41) is 26.6. The number of sulfonamides is 1. The number of amides is 1. The summed E-state index contributed by atoms with van der Waals surface area (Å²) < 4.78 is 36.4. The fourth-order valence-electron chi connectivity index (χ4n) is 15.6. The number of nitrogens with one attached hydrogen (secondary N) is 3. The predicted octanol–water partition coefficient (Wildman–Crippen LogP) is 11.0. The minimum Gasteiger partial charge on any atom is -0.455 e. The Morgan fingerprint density at radius 1 is 0.921 bits per heavy atom. The number of aromatic nitrogens is 2. The molecule has 5 aromatic rings. The zero-order chi connectivity index (χ0) is 52.5. The number of H-pyrrole nitrogens is 1. The van der Waals surface area contributed by atoms with Crippen LogP contribution in [0, 0.1) is 51.0 Å². The molecule has 8 aliphatic rings. The molecule has 3 aromatic carbocycles. The minimum absolute atomic E-state index is 0.0113. The SMILES string of the molecule is CC(C)c1ccccc1[C@@H]1CN(CC2C3CC4CC(C3)CC2C4)CCN1C1CC2(CCN(c3ccc(C(=O)NS(=O)(=O)c4ccc(NCC5CCC(C)(O)CC5)c([N+](=O)[O-])c4)c(Oc4cnc5[nH]ccc5c4)c3)CC2)C1. The number of aromatic amines is 1. The van der Waals surface area contributed by atoms with E-state index >= 15 is 0 Å². The van der Waals surface area contributed by atoms with Crippen molar-refractivity contribution in [3.05, 3.63) is 112 Å². The van der Waals surface area contributed by atoms with Crippen LogP contribution in [-0.2, 0) is 10.0 Å². The van der Waals surface area contributed by atoms with Gasteiger partial charge in [0.25, 0.3) is 21.6 Å². The first kappa shape index (κ1) is 51.2. The van der Waals surface area contributed by atoms with Crippen LogP contribution in [0.15, 0.2) is 90.1 Å². The molecule has 8 fully saturated rings. The average Bonchev–Trinajstić information content (AvgIpc) is 3.89. The molecule has 1 spiro atoms. The van der Waals surface area contributed by atoms with Crippen molar-refractivity contribution in [2.75, 3.05) is 56.0 Å². The molecule has 6 saturated carbocycles. The second-order valence-electron chi connectivity index (χ2n) is 25.0. The second kappa shape index (κ2) is 20.4. The number of ether oxygens (including phenoxy) is 1. The third-order valence-corrected chi connectivity index (χ3v) is 21.0. The van der Waals surface area contributed by atoms with Crippen LogP contribution in [0.3, 0.4) is 0 Å². The molecule has 13 rings (SSSR count). The molecule has 4 bridgehead atoms. The third-order valence-electron chi connectivity index (χ3n) is 19.6. The van der Waals surface area contributed by atoms with Gasteiger partial charge in [-0.15, -0.1) is 0 Å². The van der Waals surface area contributed by atoms with Crippen LogP contribution in [0.5, 0.6) is 11.5 Å². The van der Waals surface area contributed by atoms with E-state index in [-0.39, 0.29) is 28.3 Å². The lowest BCUT2D eigenvalue weighted by Crippen LogP contribution is -2.61. The van der Waals surface area contributed by atoms with Crippen molar-refractivity contribution < 1.29 is 28.0 Å². The van der Waals surface area contributed by atoms with Gasteiger partial charge in [-0.1, -0.05) is 38.1 Å². The molecule has 2 aromatic heterocycles. The smallest absolute Gasteiger partial charge is 0.293 e. The lowest BCUT2D eigenvalue weighted by Gasteiger charge is -2.59. The number of pyridine rings is 1. The van der Waals surface area contributed by atoms with Crippen LogP contribution in [0.1, 0.15) is 138 Å². The van der Waals surface area contributed by atoms with Crippen LogP contribution in [-0.4, -0.2) is 102 Å². The molecule has 0 radical (unpaired) electrons. The molecule has 4 N–H and O–H groups in total. The number of carbonyl (C=O) groups is 1. The van der Waals surface area contributed by atoms with Crippen molar-refractivity contribution in [1.82, 2.24) is 24.5 Å². The van der Waals surface area contributed by atoms with Crippen molar-refractivity contribution in [3.8, 4) is 11.5 Å². The number of fused-ring (bicyclic) bond motifs is 1. The van der Waals surface area contributed by atoms with Crippen LogP contribution in [0.4, 0.5) is 17.1 Å². The summed E-state index contributed by atoms with van der Waals surface area (Å²) in [4.78, 5) is 41.1. The van der Waals surface area contributed by atoms with E-state index < -0.39 is 37.0 Å². The highest BCUT2D eigenvalue weighted by atomic mass is 32.2. The van der Waals surface area contributed by atoms with Crippen molar-refractivity contribution in [3.63, 3.8) is 0 Å². The maximum absolute atomic E-state index is 14.2. The summed E-state index contributed by atoms with van der Waals surface area (Å²) in [5.74, 6) is 5.04. The van der Waals surface area contributed by atoms with Crippen molar-refractivity contribution in [2.24, 2.45) is 40.9 Å². The Hall–Kier alpha value is -5.55. The molecular weight excluding hydrogens is 977 g/mol. The molecule has 4 heterocycles. The number of rotatable bonds is 15. The van der Waals surface area contributed by atoms with E-state index in [9.17, 15) is 28.4 Å². The van der Waals surface area contributed by atoms with E-state index in [1.54, 1.807) is 18.5 Å². The number of nitro benzene ring substituents is 1. The first-order chi connectivity index (χ1) is 36.5. The van der Waals surface area contributed by atoms with Gasteiger partial charge in [-0.05, 0) is 185 Å².